The zero-order valence-electron chi connectivity index (χ0n) is 12.1. The van der Waals surface area contributed by atoms with E-state index in [2.05, 4.69) is 44.3 Å². The lowest BCUT2D eigenvalue weighted by atomic mass is 9.97. The van der Waals surface area contributed by atoms with Crippen molar-refractivity contribution in [1.82, 2.24) is 5.32 Å². The SMILES string of the molecule is CCCNC(CCC1CC1)c1ccc(C)c(C)c1. The van der Waals surface area contributed by atoms with Gasteiger partial charge in [-0.05, 0) is 62.3 Å². The molecule has 100 valence electrons. The lowest BCUT2D eigenvalue weighted by molar-refractivity contribution is 0.470. The third-order valence-electron chi connectivity index (χ3n) is 4.13. The lowest BCUT2D eigenvalue weighted by Gasteiger charge is -2.20. The monoisotopic (exact) mass is 245 g/mol. The van der Waals surface area contributed by atoms with Crippen LogP contribution in [0.1, 0.15) is 61.8 Å². The first-order valence-electron chi connectivity index (χ1n) is 7.51. The van der Waals surface area contributed by atoms with Gasteiger partial charge in [-0.3, -0.25) is 0 Å². The van der Waals surface area contributed by atoms with Crippen LogP contribution in [0.3, 0.4) is 0 Å². The minimum absolute atomic E-state index is 0.560. The number of benzene rings is 1. The minimum Gasteiger partial charge on any atom is -0.310 e. The molecule has 18 heavy (non-hydrogen) atoms. The molecule has 1 aromatic carbocycles. The van der Waals surface area contributed by atoms with Crippen LogP contribution < -0.4 is 5.32 Å². The molecule has 1 fully saturated rings. The summed E-state index contributed by atoms with van der Waals surface area (Å²) in [4.78, 5) is 0. The maximum atomic E-state index is 3.72. The second kappa shape index (κ2) is 6.38. The van der Waals surface area contributed by atoms with E-state index in [1.807, 2.05) is 0 Å². The van der Waals surface area contributed by atoms with Gasteiger partial charge in [-0.25, -0.2) is 0 Å². The zero-order valence-corrected chi connectivity index (χ0v) is 12.1. The molecule has 0 saturated heterocycles. The molecule has 0 amide bonds. The zero-order chi connectivity index (χ0) is 13.0. The van der Waals surface area contributed by atoms with Gasteiger partial charge < -0.3 is 5.32 Å². The van der Waals surface area contributed by atoms with Crippen molar-refractivity contribution >= 4 is 0 Å². The molecule has 0 heterocycles. The largest absolute Gasteiger partial charge is 0.310 e. The van der Waals surface area contributed by atoms with E-state index >= 15 is 0 Å². The van der Waals surface area contributed by atoms with Gasteiger partial charge in [0.1, 0.15) is 0 Å². The van der Waals surface area contributed by atoms with Gasteiger partial charge in [-0.2, -0.15) is 0 Å². The second-order valence-corrected chi connectivity index (χ2v) is 5.87. The Bertz CT molecular complexity index is 379. The molecule has 1 aliphatic carbocycles. The Morgan fingerprint density at radius 1 is 1.22 bits per heavy atom. The summed E-state index contributed by atoms with van der Waals surface area (Å²) in [5.41, 5.74) is 4.30. The van der Waals surface area contributed by atoms with Crippen LogP contribution in [-0.4, -0.2) is 6.54 Å². The van der Waals surface area contributed by atoms with Crippen molar-refractivity contribution in [2.24, 2.45) is 5.92 Å². The molecule has 0 bridgehead atoms. The van der Waals surface area contributed by atoms with Crippen LogP contribution >= 0.6 is 0 Å². The Labute approximate surface area is 112 Å². The summed E-state index contributed by atoms with van der Waals surface area (Å²) >= 11 is 0. The van der Waals surface area contributed by atoms with Crippen molar-refractivity contribution in [3.8, 4) is 0 Å². The Balaban J connectivity index is 2.01. The fourth-order valence-corrected chi connectivity index (χ4v) is 2.50. The summed E-state index contributed by atoms with van der Waals surface area (Å²) in [5.74, 6) is 1.03. The molecule has 1 unspecified atom stereocenters. The number of nitrogens with one attached hydrogen (secondary N) is 1. The molecule has 0 spiro atoms. The van der Waals surface area contributed by atoms with Gasteiger partial charge in [-0.1, -0.05) is 38.0 Å². The normalized spacial score (nSPS) is 16.8. The number of rotatable bonds is 7. The van der Waals surface area contributed by atoms with Crippen molar-refractivity contribution in [3.05, 3.63) is 34.9 Å². The Kier molecular flexibility index (Phi) is 4.82. The fraction of sp³-hybridized carbons (Fsp3) is 0.647. The molecule has 2 rings (SSSR count). The number of aryl methyl sites for hydroxylation is 2. The van der Waals surface area contributed by atoms with Crippen molar-refractivity contribution in [2.75, 3.05) is 6.54 Å². The molecule has 1 saturated carbocycles. The van der Waals surface area contributed by atoms with Crippen LogP contribution in [0.4, 0.5) is 0 Å². The predicted molar refractivity (Wildman–Crippen MR) is 78.9 cm³/mol. The van der Waals surface area contributed by atoms with E-state index in [0.717, 1.165) is 12.5 Å². The van der Waals surface area contributed by atoms with Gasteiger partial charge in [0.15, 0.2) is 0 Å². The van der Waals surface area contributed by atoms with Crippen molar-refractivity contribution in [3.63, 3.8) is 0 Å². The van der Waals surface area contributed by atoms with E-state index in [9.17, 15) is 0 Å². The Morgan fingerprint density at radius 2 is 2.00 bits per heavy atom. The van der Waals surface area contributed by atoms with Crippen LogP contribution in [0.5, 0.6) is 0 Å². The second-order valence-electron chi connectivity index (χ2n) is 5.87. The van der Waals surface area contributed by atoms with E-state index in [0.29, 0.717) is 6.04 Å². The van der Waals surface area contributed by atoms with Gasteiger partial charge in [0.05, 0.1) is 0 Å². The standard InChI is InChI=1S/C17H27N/c1-4-11-18-17(10-8-15-6-7-15)16-9-5-13(2)14(3)12-16/h5,9,12,15,17-18H,4,6-8,10-11H2,1-3H3. The van der Waals surface area contributed by atoms with Gasteiger partial charge in [0.2, 0.25) is 0 Å². The predicted octanol–water partition coefficient (Wildman–Crippen LogP) is 4.53. The van der Waals surface area contributed by atoms with Gasteiger partial charge >= 0.3 is 0 Å². The highest BCUT2D eigenvalue weighted by Crippen LogP contribution is 2.36. The van der Waals surface area contributed by atoms with Gasteiger partial charge in [-0.15, -0.1) is 0 Å². The molecule has 1 N–H and O–H groups in total. The third kappa shape index (κ3) is 3.84. The molecule has 0 radical (unpaired) electrons. The van der Waals surface area contributed by atoms with Crippen LogP contribution in [0.25, 0.3) is 0 Å². The summed E-state index contributed by atoms with van der Waals surface area (Å²) < 4.78 is 0. The molecular formula is C17H27N. The van der Waals surface area contributed by atoms with Crippen molar-refractivity contribution in [1.29, 1.82) is 0 Å². The maximum absolute atomic E-state index is 3.72. The van der Waals surface area contributed by atoms with E-state index in [1.54, 1.807) is 0 Å². The highest BCUT2D eigenvalue weighted by molar-refractivity contribution is 5.31. The number of hydrogen-bond acceptors (Lipinski definition) is 1. The smallest absolute Gasteiger partial charge is 0.0320 e. The van der Waals surface area contributed by atoms with Crippen LogP contribution in [0, 0.1) is 19.8 Å². The fourth-order valence-electron chi connectivity index (χ4n) is 2.50. The Morgan fingerprint density at radius 3 is 2.61 bits per heavy atom. The van der Waals surface area contributed by atoms with E-state index in [1.165, 1.54) is 48.8 Å². The molecule has 1 atom stereocenters. The minimum atomic E-state index is 0.560. The molecule has 1 nitrogen and oxygen atoms in total. The van der Waals surface area contributed by atoms with Crippen LogP contribution in [0.15, 0.2) is 18.2 Å². The molecule has 0 aliphatic heterocycles. The first-order chi connectivity index (χ1) is 8.70. The topological polar surface area (TPSA) is 12.0 Å². The quantitative estimate of drug-likeness (QED) is 0.744. The first kappa shape index (κ1) is 13.6. The van der Waals surface area contributed by atoms with Crippen molar-refractivity contribution < 1.29 is 0 Å². The number of hydrogen-bond donors (Lipinski definition) is 1. The summed E-state index contributed by atoms with van der Waals surface area (Å²) in [5, 5.41) is 3.72. The summed E-state index contributed by atoms with van der Waals surface area (Å²) in [6, 6.07) is 7.51. The summed E-state index contributed by atoms with van der Waals surface area (Å²) in [6.45, 7) is 7.78. The van der Waals surface area contributed by atoms with E-state index < -0.39 is 0 Å². The van der Waals surface area contributed by atoms with Crippen LogP contribution in [0.2, 0.25) is 0 Å². The van der Waals surface area contributed by atoms with Gasteiger partial charge in [0.25, 0.3) is 0 Å². The van der Waals surface area contributed by atoms with Gasteiger partial charge in [0, 0.05) is 6.04 Å². The molecule has 1 aromatic rings. The summed E-state index contributed by atoms with van der Waals surface area (Å²) in [6.07, 6.45) is 6.84. The molecule has 1 aliphatic rings. The average molecular weight is 245 g/mol. The maximum Gasteiger partial charge on any atom is 0.0320 e. The molecular weight excluding hydrogens is 218 g/mol. The lowest BCUT2D eigenvalue weighted by Crippen LogP contribution is -2.22. The Hall–Kier alpha value is -0.820. The van der Waals surface area contributed by atoms with Crippen molar-refractivity contribution in [2.45, 2.75) is 58.9 Å². The highest BCUT2D eigenvalue weighted by atomic mass is 14.9. The third-order valence-corrected chi connectivity index (χ3v) is 4.13. The highest BCUT2D eigenvalue weighted by Gasteiger charge is 2.23. The molecule has 0 aromatic heterocycles. The van der Waals surface area contributed by atoms with E-state index in [4.69, 9.17) is 0 Å². The summed E-state index contributed by atoms with van der Waals surface area (Å²) in [7, 11) is 0. The first-order valence-corrected chi connectivity index (χ1v) is 7.51. The van der Waals surface area contributed by atoms with Crippen LogP contribution in [-0.2, 0) is 0 Å². The average Bonchev–Trinajstić information content (AvgIpc) is 3.17. The molecule has 1 heteroatoms. The van der Waals surface area contributed by atoms with E-state index in [-0.39, 0.29) is 0 Å².